The van der Waals surface area contributed by atoms with Crippen LogP contribution in [-0.2, 0) is 0 Å². The van der Waals surface area contributed by atoms with Crippen LogP contribution in [0.4, 0.5) is 10.5 Å². The Balaban J connectivity index is 2.07. The second-order valence-corrected chi connectivity index (χ2v) is 4.78. The molecule has 2 amide bonds. The van der Waals surface area contributed by atoms with Crippen molar-refractivity contribution in [1.82, 2.24) is 4.90 Å². The second kappa shape index (κ2) is 5.28. The van der Waals surface area contributed by atoms with Crippen molar-refractivity contribution in [2.75, 3.05) is 11.9 Å². The van der Waals surface area contributed by atoms with Crippen molar-refractivity contribution >= 4 is 23.3 Å². The van der Waals surface area contributed by atoms with Crippen LogP contribution in [0.1, 0.15) is 18.4 Å². The van der Waals surface area contributed by atoms with Crippen LogP contribution in [0.3, 0.4) is 0 Å². The summed E-state index contributed by atoms with van der Waals surface area (Å²) in [6.45, 7) is 2.53. The fraction of sp³-hybridized carbons (Fsp3) is 0.385. The van der Waals surface area contributed by atoms with Crippen molar-refractivity contribution in [3.63, 3.8) is 0 Å². The molecule has 18 heavy (non-hydrogen) atoms. The second-order valence-electron chi connectivity index (χ2n) is 4.37. The minimum atomic E-state index is -0.314. The molecule has 0 saturated carbocycles. The van der Waals surface area contributed by atoms with E-state index < -0.39 is 0 Å². The average Bonchev–Trinajstić information content (AvgIpc) is 2.82. The molecule has 0 spiro atoms. The number of halogens is 1. The molecule has 1 atom stereocenters. The predicted octanol–water partition coefficient (Wildman–Crippen LogP) is 3.17. The van der Waals surface area contributed by atoms with Gasteiger partial charge in [0.1, 0.15) is 6.04 Å². The highest BCUT2D eigenvalue weighted by Crippen LogP contribution is 2.22. The fourth-order valence-electron chi connectivity index (χ4n) is 2.01. The van der Waals surface area contributed by atoms with Crippen LogP contribution in [0.2, 0.25) is 5.02 Å². The molecule has 0 aromatic heterocycles. The normalized spacial score (nSPS) is 18.5. The molecule has 1 aliphatic heterocycles. The molecule has 1 heterocycles. The number of nitrogens with zero attached hydrogens (tertiary/aromatic N) is 2. The van der Waals surface area contributed by atoms with Gasteiger partial charge in [0, 0.05) is 17.3 Å². The van der Waals surface area contributed by atoms with Gasteiger partial charge in [0.15, 0.2) is 0 Å². The minimum Gasteiger partial charge on any atom is -0.308 e. The first-order valence-corrected chi connectivity index (χ1v) is 6.23. The summed E-state index contributed by atoms with van der Waals surface area (Å²) >= 11 is 6.00. The smallest absolute Gasteiger partial charge is 0.308 e. The van der Waals surface area contributed by atoms with Gasteiger partial charge in [0.2, 0.25) is 0 Å². The third-order valence-electron chi connectivity index (χ3n) is 3.09. The number of carbonyl (C=O) groups excluding carboxylic acids is 1. The van der Waals surface area contributed by atoms with E-state index in [9.17, 15) is 4.79 Å². The fourth-order valence-corrected chi connectivity index (χ4v) is 2.19. The Kier molecular flexibility index (Phi) is 3.73. The van der Waals surface area contributed by atoms with Gasteiger partial charge in [-0.25, -0.2) is 4.79 Å². The summed E-state index contributed by atoms with van der Waals surface area (Å²) in [6, 6.07) is 6.96. The number of urea groups is 1. The van der Waals surface area contributed by atoms with Gasteiger partial charge in [-0.3, -0.25) is 0 Å². The molecule has 1 unspecified atom stereocenters. The number of carbonyl (C=O) groups is 1. The molecule has 94 valence electrons. The number of benzene rings is 1. The van der Waals surface area contributed by atoms with E-state index >= 15 is 0 Å². The van der Waals surface area contributed by atoms with Crippen molar-refractivity contribution in [2.24, 2.45) is 0 Å². The number of hydrogen-bond acceptors (Lipinski definition) is 2. The number of hydrogen-bond donors (Lipinski definition) is 1. The molecular formula is C13H14ClN3O. The largest absolute Gasteiger partial charge is 0.322 e. The minimum absolute atomic E-state index is 0.237. The number of nitriles is 1. The number of anilines is 1. The third-order valence-corrected chi connectivity index (χ3v) is 3.49. The van der Waals surface area contributed by atoms with E-state index in [-0.39, 0.29) is 12.1 Å². The summed E-state index contributed by atoms with van der Waals surface area (Å²) in [4.78, 5) is 13.6. The lowest BCUT2D eigenvalue weighted by atomic mass is 10.2. The summed E-state index contributed by atoms with van der Waals surface area (Å²) in [6.07, 6.45) is 1.62. The summed E-state index contributed by atoms with van der Waals surface area (Å²) in [5, 5.41) is 12.3. The zero-order valence-corrected chi connectivity index (χ0v) is 10.9. The lowest BCUT2D eigenvalue weighted by Gasteiger charge is -2.20. The Labute approximate surface area is 111 Å². The summed E-state index contributed by atoms with van der Waals surface area (Å²) in [5.74, 6) is 0. The maximum absolute atomic E-state index is 12.0. The van der Waals surface area contributed by atoms with E-state index in [1.165, 1.54) is 0 Å². The molecule has 1 fully saturated rings. The van der Waals surface area contributed by atoms with Crippen LogP contribution in [0.25, 0.3) is 0 Å². The molecule has 1 N–H and O–H groups in total. The molecule has 4 nitrogen and oxygen atoms in total. The van der Waals surface area contributed by atoms with Crippen molar-refractivity contribution in [3.8, 4) is 6.07 Å². The van der Waals surface area contributed by atoms with Gasteiger partial charge < -0.3 is 10.2 Å². The van der Waals surface area contributed by atoms with Gasteiger partial charge in [-0.1, -0.05) is 17.7 Å². The molecule has 5 heteroatoms. The summed E-state index contributed by atoms with van der Waals surface area (Å²) < 4.78 is 0. The van der Waals surface area contributed by atoms with Gasteiger partial charge in [0.05, 0.1) is 6.07 Å². The van der Waals surface area contributed by atoms with Gasteiger partial charge in [-0.2, -0.15) is 5.26 Å². The zero-order chi connectivity index (χ0) is 13.1. The van der Waals surface area contributed by atoms with Crippen molar-refractivity contribution in [3.05, 3.63) is 28.8 Å². The summed E-state index contributed by atoms with van der Waals surface area (Å²) in [5.41, 5.74) is 1.62. The van der Waals surface area contributed by atoms with Crippen LogP contribution in [0.15, 0.2) is 18.2 Å². The molecule has 1 aliphatic rings. The molecule has 2 rings (SSSR count). The number of nitrogens with one attached hydrogen (secondary N) is 1. The summed E-state index contributed by atoms with van der Waals surface area (Å²) in [7, 11) is 0. The van der Waals surface area contributed by atoms with E-state index in [1.54, 1.807) is 17.0 Å². The number of likely N-dealkylation sites (tertiary alicyclic amines) is 1. The van der Waals surface area contributed by atoms with E-state index in [4.69, 9.17) is 16.9 Å². The monoisotopic (exact) mass is 263 g/mol. The number of amides is 2. The highest BCUT2D eigenvalue weighted by atomic mass is 35.5. The molecule has 0 aliphatic carbocycles. The Hall–Kier alpha value is -1.73. The van der Waals surface area contributed by atoms with Crippen LogP contribution < -0.4 is 5.32 Å². The average molecular weight is 264 g/mol. The first kappa shape index (κ1) is 12.7. The molecule has 1 aromatic rings. The van der Waals surface area contributed by atoms with Gasteiger partial charge in [0.25, 0.3) is 0 Å². The van der Waals surface area contributed by atoms with Gasteiger partial charge in [-0.05, 0) is 37.5 Å². The Morgan fingerprint density at radius 2 is 2.39 bits per heavy atom. The van der Waals surface area contributed by atoms with Crippen LogP contribution in [-0.4, -0.2) is 23.5 Å². The van der Waals surface area contributed by atoms with Crippen LogP contribution >= 0.6 is 11.6 Å². The van der Waals surface area contributed by atoms with E-state index in [1.807, 2.05) is 13.0 Å². The van der Waals surface area contributed by atoms with Crippen molar-refractivity contribution in [2.45, 2.75) is 25.8 Å². The van der Waals surface area contributed by atoms with E-state index in [2.05, 4.69) is 11.4 Å². The molecule has 0 bridgehead atoms. The first-order valence-electron chi connectivity index (χ1n) is 5.85. The van der Waals surface area contributed by atoms with Crippen LogP contribution in [0.5, 0.6) is 0 Å². The maximum Gasteiger partial charge on any atom is 0.322 e. The molecule has 0 radical (unpaired) electrons. The highest BCUT2D eigenvalue weighted by Gasteiger charge is 2.28. The molecular weight excluding hydrogens is 250 g/mol. The molecule has 1 aromatic carbocycles. The first-order chi connectivity index (χ1) is 8.61. The standard InChI is InChI=1S/C13H14ClN3O/c1-9-4-5-10(7-12(9)14)16-13(18)17-6-2-3-11(17)8-15/h4-5,7,11H,2-3,6H2,1H3,(H,16,18). The lowest BCUT2D eigenvalue weighted by molar-refractivity contribution is 0.215. The Morgan fingerprint density at radius 1 is 1.61 bits per heavy atom. The van der Waals surface area contributed by atoms with Crippen molar-refractivity contribution < 1.29 is 4.79 Å². The Bertz CT molecular complexity index is 509. The van der Waals surface area contributed by atoms with Crippen molar-refractivity contribution in [1.29, 1.82) is 5.26 Å². The zero-order valence-electron chi connectivity index (χ0n) is 10.1. The topological polar surface area (TPSA) is 56.1 Å². The molecule has 1 saturated heterocycles. The predicted molar refractivity (Wildman–Crippen MR) is 70.5 cm³/mol. The SMILES string of the molecule is Cc1ccc(NC(=O)N2CCCC2C#N)cc1Cl. The maximum atomic E-state index is 12.0. The van der Waals surface area contributed by atoms with Gasteiger partial charge in [-0.15, -0.1) is 0 Å². The number of aryl methyl sites for hydroxylation is 1. The van der Waals surface area contributed by atoms with E-state index in [0.717, 1.165) is 18.4 Å². The highest BCUT2D eigenvalue weighted by molar-refractivity contribution is 6.31. The van der Waals surface area contributed by atoms with Gasteiger partial charge >= 0.3 is 6.03 Å². The number of rotatable bonds is 1. The third kappa shape index (κ3) is 2.57. The quantitative estimate of drug-likeness (QED) is 0.846. The Morgan fingerprint density at radius 3 is 3.06 bits per heavy atom. The lowest BCUT2D eigenvalue weighted by Crippen LogP contribution is -2.37. The van der Waals surface area contributed by atoms with E-state index in [0.29, 0.717) is 17.3 Å². The van der Waals surface area contributed by atoms with Crippen LogP contribution in [0, 0.1) is 18.3 Å².